The number of hydrogen-bond donors (Lipinski definition) is 1. The van der Waals surface area contributed by atoms with Crippen molar-refractivity contribution in [2.75, 3.05) is 31.1 Å². The third kappa shape index (κ3) is 3.20. The fraction of sp³-hybridized carbons (Fsp3) is 0.350. The van der Waals surface area contributed by atoms with Crippen molar-refractivity contribution in [1.29, 1.82) is 5.26 Å². The number of fused-ring (bicyclic) bond motifs is 1. The van der Waals surface area contributed by atoms with Crippen LogP contribution in [0.2, 0.25) is 0 Å². The van der Waals surface area contributed by atoms with E-state index < -0.39 is 0 Å². The number of hydrogen-bond acceptors (Lipinski definition) is 6. The normalized spacial score (nSPS) is 16.6. The average molecular weight is 362 g/mol. The Balaban J connectivity index is 1.73. The standard InChI is InChI=1S/C20H22N6O/c1-2-27-17-7-18(20-16(9-22)11-24-26(20)13-17)15-3-4-19(23-10-15)25-6-5-14(8-21)12-25/h3-4,7,10-11,13-14H,2,5-6,8,12,21H2,1H3. The van der Waals surface area contributed by atoms with Crippen LogP contribution in [-0.2, 0) is 0 Å². The van der Waals surface area contributed by atoms with Gasteiger partial charge in [0, 0.05) is 30.4 Å². The van der Waals surface area contributed by atoms with Gasteiger partial charge in [-0.2, -0.15) is 10.4 Å². The average Bonchev–Trinajstić information content (AvgIpc) is 3.34. The van der Waals surface area contributed by atoms with Crippen molar-refractivity contribution in [3.8, 4) is 22.9 Å². The highest BCUT2D eigenvalue weighted by atomic mass is 16.5. The summed E-state index contributed by atoms with van der Waals surface area (Å²) in [5.41, 5.74) is 8.90. The van der Waals surface area contributed by atoms with Gasteiger partial charge >= 0.3 is 0 Å². The highest BCUT2D eigenvalue weighted by Crippen LogP contribution is 2.31. The van der Waals surface area contributed by atoms with Crippen LogP contribution in [0.15, 0.2) is 36.8 Å². The Morgan fingerprint density at radius 1 is 1.37 bits per heavy atom. The Morgan fingerprint density at radius 2 is 2.26 bits per heavy atom. The third-order valence-electron chi connectivity index (χ3n) is 5.02. The number of ether oxygens (including phenoxy) is 1. The summed E-state index contributed by atoms with van der Waals surface area (Å²) in [4.78, 5) is 6.93. The van der Waals surface area contributed by atoms with Crippen LogP contribution in [0.3, 0.4) is 0 Å². The molecule has 2 N–H and O–H groups in total. The maximum atomic E-state index is 9.44. The Morgan fingerprint density at radius 3 is 2.93 bits per heavy atom. The van der Waals surface area contributed by atoms with Crippen LogP contribution in [0, 0.1) is 17.2 Å². The molecule has 1 aliphatic rings. The first kappa shape index (κ1) is 17.3. The Labute approximate surface area is 158 Å². The summed E-state index contributed by atoms with van der Waals surface area (Å²) in [5, 5.41) is 13.7. The zero-order valence-corrected chi connectivity index (χ0v) is 15.3. The molecule has 0 amide bonds. The van der Waals surface area contributed by atoms with E-state index in [1.165, 1.54) is 0 Å². The summed E-state index contributed by atoms with van der Waals surface area (Å²) in [7, 11) is 0. The van der Waals surface area contributed by atoms with E-state index in [4.69, 9.17) is 10.5 Å². The lowest BCUT2D eigenvalue weighted by molar-refractivity contribution is 0.338. The fourth-order valence-corrected chi connectivity index (χ4v) is 3.61. The molecule has 0 saturated carbocycles. The zero-order valence-electron chi connectivity index (χ0n) is 15.3. The van der Waals surface area contributed by atoms with E-state index in [2.05, 4.69) is 21.1 Å². The van der Waals surface area contributed by atoms with Gasteiger partial charge in [0.1, 0.15) is 17.6 Å². The second-order valence-corrected chi connectivity index (χ2v) is 6.73. The topological polar surface area (TPSA) is 92.5 Å². The number of rotatable bonds is 5. The van der Waals surface area contributed by atoms with Gasteiger partial charge in [0.2, 0.25) is 0 Å². The van der Waals surface area contributed by atoms with Gasteiger partial charge in [-0.1, -0.05) is 0 Å². The SMILES string of the molecule is CCOc1cc(-c2ccc(N3CCC(CN)C3)nc2)c2c(C#N)cnn2c1. The molecule has 0 aliphatic carbocycles. The molecular weight excluding hydrogens is 340 g/mol. The number of anilines is 1. The molecular formula is C20H22N6O. The summed E-state index contributed by atoms with van der Waals surface area (Å²) in [5.74, 6) is 2.21. The van der Waals surface area contributed by atoms with Gasteiger partial charge < -0.3 is 15.4 Å². The minimum atomic E-state index is 0.530. The fourth-order valence-electron chi connectivity index (χ4n) is 3.61. The smallest absolute Gasteiger partial charge is 0.138 e. The van der Waals surface area contributed by atoms with E-state index in [0.29, 0.717) is 23.8 Å². The minimum absolute atomic E-state index is 0.530. The molecule has 0 spiro atoms. The van der Waals surface area contributed by atoms with Gasteiger partial charge in [-0.25, -0.2) is 9.50 Å². The van der Waals surface area contributed by atoms with Gasteiger partial charge in [-0.05, 0) is 44.0 Å². The first-order chi connectivity index (χ1) is 13.2. The minimum Gasteiger partial charge on any atom is -0.492 e. The number of nitrogens with two attached hydrogens (primary N) is 1. The Bertz CT molecular complexity index is 988. The van der Waals surface area contributed by atoms with Crippen molar-refractivity contribution < 1.29 is 4.74 Å². The lowest BCUT2D eigenvalue weighted by atomic mass is 10.1. The van der Waals surface area contributed by atoms with Crippen molar-refractivity contribution in [2.24, 2.45) is 11.7 Å². The van der Waals surface area contributed by atoms with Crippen LogP contribution in [0.4, 0.5) is 5.82 Å². The summed E-state index contributed by atoms with van der Waals surface area (Å²) >= 11 is 0. The quantitative estimate of drug-likeness (QED) is 0.749. The zero-order chi connectivity index (χ0) is 18.8. The molecule has 4 heterocycles. The van der Waals surface area contributed by atoms with E-state index in [-0.39, 0.29) is 0 Å². The predicted molar refractivity (Wildman–Crippen MR) is 104 cm³/mol. The molecule has 0 bridgehead atoms. The molecule has 0 aromatic carbocycles. The molecule has 0 radical (unpaired) electrons. The van der Waals surface area contributed by atoms with Crippen LogP contribution >= 0.6 is 0 Å². The largest absolute Gasteiger partial charge is 0.492 e. The van der Waals surface area contributed by atoms with E-state index >= 15 is 0 Å². The lowest BCUT2D eigenvalue weighted by Crippen LogP contribution is -2.23. The molecule has 1 saturated heterocycles. The number of pyridine rings is 2. The van der Waals surface area contributed by atoms with E-state index in [9.17, 15) is 5.26 Å². The predicted octanol–water partition coefficient (Wildman–Crippen LogP) is 2.45. The molecule has 3 aromatic rings. The molecule has 7 nitrogen and oxygen atoms in total. The molecule has 7 heteroatoms. The first-order valence-corrected chi connectivity index (χ1v) is 9.19. The van der Waals surface area contributed by atoms with E-state index in [0.717, 1.165) is 48.5 Å². The molecule has 4 rings (SSSR count). The van der Waals surface area contributed by atoms with Gasteiger partial charge in [-0.3, -0.25) is 0 Å². The van der Waals surface area contributed by atoms with Crippen molar-refractivity contribution in [3.05, 3.63) is 42.4 Å². The monoisotopic (exact) mass is 362 g/mol. The van der Waals surface area contributed by atoms with Crippen LogP contribution in [0.25, 0.3) is 16.6 Å². The van der Waals surface area contributed by atoms with Crippen LogP contribution in [0.1, 0.15) is 18.9 Å². The highest BCUT2D eigenvalue weighted by molar-refractivity contribution is 5.85. The number of nitrogens with zero attached hydrogens (tertiary/aromatic N) is 5. The molecule has 1 unspecified atom stereocenters. The second-order valence-electron chi connectivity index (χ2n) is 6.73. The van der Waals surface area contributed by atoms with Gasteiger partial charge in [-0.15, -0.1) is 0 Å². The van der Waals surface area contributed by atoms with Crippen molar-refractivity contribution in [1.82, 2.24) is 14.6 Å². The number of nitriles is 1. The molecule has 3 aromatic heterocycles. The molecule has 1 atom stereocenters. The first-order valence-electron chi connectivity index (χ1n) is 9.19. The van der Waals surface area contributed by atoms with Crippen molar-refractivity contribution in [2.45, 2.75) is 13.3 Å². The molecule has 138 valence electrons. The van der Waals surface area contributed by atoms with Gasteiger partial charge in [0.25, 0.3) is 0 Å². The maximum absolute atomic E-state index is 9.44. The van der Waals surface area contributed by atoms with Crippen LogP contribution in [-0.4, -0.2) is 40.8 Å². The Hall–Kier alpha value is -3.11. The second kappa shape index (κ2) is 7.25. The van der Waals surface area contributed by atoms with Crippen molar-refractivity contribution >= 4 is 11.3 Å². The van der Waals surface area contributed by atoms with Crippen molar-refractivity contribution in [3.63, 3.8) is 0 Å². The number of aromatic nitrogens is 3. The highest BCUT2D eigenvalue weighted by Gasteiger charge is 2.22. The summed E-state index contributed by atoms with van der Waals surface area (Å²) in [6, 6.07) is 8.22. The molecule has 27 heavy (non-hydrogen) atoms. The summed E-state index contributed by atoms with van der Waals surface area (Å²) in [6.45, 7) is 5.16. The summed E-state index contributed by atoms with van der Waals surface area (Å²) < 4.78 is 7.36. The lowest BCUT2D eigenvalue weighted by Gasteiger charge is -2.17. The Kier molecular flexibility index (Phi) is 4.65. The van der Waals surface area contributed by atoms with Gasteiger partial charge in [0.15, 0.2) is 0 Å². The van der Waals surface area contributed by atoms with Gasteiger partial charge in [0.05, 0.1) is 30.1 Å². The third-order valence-corrected chi connectivity index (χ3v) is 5.02. The van der Waals surface area contributed by atoms with Crippen LogP contribution < -0.4 is 15.4 Å². The summed E-state index contributed by atoms with van der Waals surface area (Å²) in [6.07, 6.45) is 6.33. The molecule has 1 aliphatic heterocycles. The molecule has 1 fully saturated rings. The van der Waals surface area contributed by atoms with E-state index in [1.807, 2.05) is 31.3 Å². The maximum Gasteiger partial charge on any atom is 0.138 e. The van der Waals surface area contributed by atoms with E-state index in [1.54, 1.807) is 16.9 Å². The van der Waals surface area contributed by atoms with Crippen LogP contribution in [0.5, 0.6) is 5.75 Å².